The van der Waals surface area contributed by atoms with Crippen molar-refractivity contribution in [3.63, 3.8) is 0 Å². The van der Waals surface area contributed by atoms with Gasteiger partial charge >= 0.3 is 6.18 Å². The number of alkyl halides is 4. The van der Waals surface area contributed by atoms with Crippen molar-refractivity contribution in [3.8, 4) is 0 Å². The molecule has 1 rings (SSSR count). The molecule has 0 aliphatic rings. The highest BCUT2D eigenvalue weighted by Gasteiger charge is 2.29. The lowest BCUT2D eigenvalue weighted by molar-refractivity contribution is -0.137. The summed E-state index contributed by atoms with van der Waals surface area (Å²) in [6.45, 7) is 0. The van der Waals surface area contributed by atoms with Crippen LogP contribution in [0.3, 0.4) is 0 Å². The maximum absolute atomic E-state index is 12.3. The number of halogens is 4. The molecule has 5 heteroatoms. The Balaban J connectivity index is 2.46. The molecular weight excluding hydrogens is 301 g/mol. The molecule has 0 unspecified atom stereocenters. The van der Waals surface area contributed by atoms with Gasteiger partial charge in [-0.1, -0.05) is 15.9 Å². The summed E-state index contributed by atoms with van der Waals surface area (Å²) < 4.78 is 36.8. The first-order valence-electron chi connectivity index (χ1n) is 4.90. The second-order valence-electron chi connectivity index (χ2n) is 3.27. The third-order valence-electron chi connectivity index (χ3n) is 1.98. The van der Waals surface area contributed by atoms with E-state index in [4.69, 9.17) is 0 Å². The normalized spacial score (nSPS) is 11.8. The molecule has 90 valence electrons. The Morgan fingerprint density at radius 3 is 2.19 bits per heavy atom. The van der Waals surface area contributed by atoms with E-state index in [0.717, 1.165) is 41.0 Å². The number of unbranched alkanes of at least 4 members (excludes halogenated alkanes) is 1. The van der Waals surface area contributed by atoms with Crippen molar-refractivity contribution in [2.45, 2.75) is 23.9 Å². The van der Waals surface area contributed by atoms with Crippen LogP contribution in [-0.2, 0) is 6.18 Å². The Kier molecular flexibility index (Phi) is 5.69. The van der Waals surface area contributed by atoms with Crippen molar-refractivity contribution >= 4 is 27.7 Å². The molecule has 0 heterocycles. The van der Waals surface area contributed by atoms with Crippen molar-refractivity contribution < 1.29 is 13.2 Å². The second kappa shape index (κ2) is 6.55. The highest BCUT2D eigenvalue weighted by atomic mass is 79.9. The van der Waals surface area contributed by atoms with Gasteiger partial charge in [0.25, 0.3) is 0 Å². The molecule has 0 fully saturated rings. The predicted octanol–water partition coefficient (Wildman–Crippen LogP) is 4.97. The summed E-state index contributed by atoms with van der Waals surface area (Å²) in [5.41, 5.74) is -0.586. The van der Waals surface area contributed by atoms with Crippen LogP contribution in [0.1, 0.15) is 18.4 Å². The van der Waals surface area contributed by atoms with Crippen LogP contribution < -0.4 is 0 Å². The molecule has 0 atom stereocenters. The minimum absolute atomic E-state index is 0.586. The Morgan fingerprint density at radius 2 is 1.69 bits per heavy atom. The number of benzene rings is 1. The third kappa shape index (κ3) is 4.78. The lowest BCUT2D eigenvalue weighted by Crippen LogP contribution is -2.03. The zero-order chi connectivity index (χ0) is 12.0. The molecule has 1 aromatic carbocycles. The standard InChI is InChI=1S/C11H12BrF3S/c12-7-1-2-8-16-10-5-3-9(4-6-10)11(13,14)15/h3-6H,1-2,7-8H2. The van der Waals surface area contributed by atoms with Crippen LogP contribution >= 0.6 is 27.7 Å². The van der Waals surface area contributed by atoms with E-state index in [2.05, 4.69) is 15.9 Å². The van der Waals surface area contributed by atoms with Gasteiger partial charge in [0, 0.05) is 10.2 Å². The number of thioether (sulfide) groups is 1. The van der Waals surface area contributed by atoms with Crippen LogP contribution in [0, 0.1) is 0 Å². The lowest BCUT2D eigenvalue weighted by Gasteiger charge is -2.07. The van der Waals surface area contributed by atoms with Crippen molar-refractivity contribution in [2.75, 3.05) is 11.1 Å². The van der Waals surface area contributed by atoms with Gasteiger partial charge in [-0.2, -0.15) is 13.2 Å². The summed E-state index contributed by atoms with van der Waals surface area (Å²) in [6, 6.07) is 5.32. The molecule has 0 nitrogen and oxygen atoms in total. The molecule has 0 aromatic heterocycles. The molecule has 1 aromatic rings. The van der Waals surface area contributed by atoms with Crippen LogP contribution in [0.5, 0.6) is 0 Å². The van der Waals surface area contributed by atoms with E-state index in [1.165, 1.54) is 12.1 Å². The maximum atomic E-state index is 12.3. The fourth-order valence-corrected chi connectivity index (χ4v) is 2.44. The van der Waals surface area contributed by atoms with Crippen LogP contribution in [0.15, 0.2) is 29.2 Å². The highest BCUT2D eigenvalue weighted by molar-refractivity contribution is 9.09. The van der Waals surface area contributed by atoms with E-state index in [1.807, 2.05) is 0 Å². The van der Waals surface area contributed by atoms with Gasteiger partial charge in [-0.3, -0.25) is 0 Å². The first-order chi connectivity index (χ1) is 7.54. The monoisotopic (exact) mass is 312 g/mol. The van der Waals surface area contributed by atoms with Crippen molar-refractivity contribution in [1.82, 2.24) is 0 Å². The molecule has 16 heavy (non-hydrogen) atoms. The van der Waals surface area contributed by atoms with E-state index in [9.17, 15) is 13.2 Å². The molecular formula is C11H12BrF3S. The van der Waals surface area contributed by atoms with Gasteiger partial charge in [-0.25, -0.2) is 0 Å². The van der Waals surface area contributed by atoms with E-state index < -0.39 is 11.7 Å². The van der Waals surface area contributed by atoms with Crippen LogP contribution in [0.2, 0.25) is 0 Å². The van der Waals surface area contributed by atoms with Crippen LogP contribution in [-0.4, -0.2) is 11.1 Å². The van der Waals surface area contributed by atoms with Gasteiger partial charge in [0.1, 0.15) is 0 Å². The largest absolute Gasteiger partial charge is 0.416 e. The van der Waals surface area contributed by atoms with Gasteiger partial charge < -0.3 is 0 Å². The summed E-state index contributed by atoms with van der Waals surface area (Å²) >= 11 is 4.92. The SMILES string of the molecule is FC(F)(F)c1ccc(SCCCCBr)cc1. The Hall–Kier alpha value is -0.160. The lowest BCUT2D eigenvalue weighted by atomic mass is 10.2. The Morgan fingerprint density at radius 1 is 1.06 bits per heavy atom. The minimum Gasteiger partial charge on any atom is -0.166 e. The molecule has 0 radical (unpaired) electrons. The minimum atomic E-state index is -4.24. The van der Waals surface area contributed by atoms with Crippen molar-refractivity contribution in [2.24, 2.45) is 0 Å². The average molecular weight is 313 g/mol. The Bertz CT molecular complexity index is 308. The molecule has 0 aliphatic carbocycles. The Labute approximate surface area is 106 Å². The van der Waals surface area contributed by atoms with E-state index in [1.54, 1.807) is 11.8 Å². The first-order valence-corrected chi connectivity index (χ1v) is 7.01. The summed E-state index contributed by atoms with van der Waals surface area (Å²) in [4.78, 5) is 0.891. The fraction of sp³-hybridized carbons (Fsp3) is 0.455. The fourth-order valence-electron chi connectivity index (χ4n) is 1.13. The molecule has 0 saturated heterocycles. The van der Waals surface area contributed by atoms with E-state index in [-0.39, 0.29) is 0 Å². The van der Waals surface area contributed by atoms with Gasteiger partial charge in [0.05, 0.1) is 5.56 Å². The highest BCUT2D eigenvalue weighted by Crippen LogP contribution is 2.30. The quantitative estimate of drug-likeness (QED) is 0.420. The van der Waals surface area contributed by atoms with Crippen LogP contribution in [0.25, 0.3) is 0 Å². The molecule has 0 N–H and O–H groups in total. The van der Waals surface area contributed by atoms with Gasteiger partial charge in [0.15, 0.2) is 0 Å². The molecule has 0 saturated carbocycles. The number of hydrogen-bond donors (Lipinski definition) is 0. The zero-order valence-electron chi connectivity index (χ0n) is 8.56. The van der Waals surface area contributed by atoms with E-state index in [0.29, 0.717) is 0 Å². The smallest absolute Gasteiger partial charge is 0.166 e. The van der Waals surface area contributed by atoms with Gasteiger partial charge in [0.2, 0.25) is 0 Å². The van der Waals surface area contributed by atoms with Crippen LogP contribution in [0.4, 0.5) is 13.2 Å². The summed E-state index contributed by atoms with van der Waals surface area (Å²) in [7, 11) is 0. The molecule has 0 bridgehead atoms. The van der Waals surface area contributed by atoms with Crippen molar-refractivity contribution in [3.05, 3.63) is 29.8 Å². The van der Waals surface area contributed by atoms with Gasteiger partial charge in [-0.05, 0) is 42.9 Å². The van der Waals surface area contributed by atoms with E-state index >= 15 is 0 Å². The maximum Gasteiger partial charge on any atom is 0.416 e. The molecule has 0 amide bonds. The van der Waals surface area contributed by atoms with Gasteiger partial charge in [-0.15, -0.1) is 11.8 Å². The first kappa shape index (κ1) is 13.9. The van der Waals surface area contributed by atoms with Crippen molar-refractivity contribution in [1.29, 1.82) is 0 Å². The zero-order valence-corrected chi connectivity index (χ0v) is 11.0. The third-order valence-corrected chi connectivity index (χ3v) is 3.64. The molecule has 0 spiro atoms. The number of hydrogen-bond acceptors (Lipinski definition) is 1. The average Bonchev–Trinajstić information content (AvgIpc) is 2.24. The molecule has 0 aliphatic heterocycles. The number of rotatable bonds is 5. The topological polar surface area (TPSA) is 0 Å². The predicted molar refractivity (Wildman–Crippen MR) is 65.2 cm³/mol. The second-order valence-corrected chi connectivity index (χ2v) is 5.23. The summed E-state index contributed by atoms with van der Waals surface area (Å²) in [6.07, 6.45) is -2.08. The summed E-state index contributed by atoms with van der Waals surface area (Å²) in [5, 5.41) is 0.973. The summed E-state index contributed by atoms with van der Waals surface area (Å²) in [5.74, 6) is 0.941.